The standard InChI is InChI=1S/C16H22N2O/c1-3-12-8-6-7-11-18(12)15-13-9-4-5-10-14(13)17-16(15)19-2/h4-5,9-10,12,17H,3,6-8,11H2,1-2H3. The maximum atomic E-state index is 5.58. The molecular formula is C16H22N2O. The quantitative estimate of drug-likeness (QED) is 0.903. The van der Waals surface area contributed by atoms with Crippen molar-refractivity contribution in [2.24, 2.45) is 0 Å². The molecule has 0 aliphatic carbocycles. The summed E-state index contributed by atoms with van der Waals surface area (Å²) in [6.45, 7) is 3.42. The van der Waals surface area contributed by atoms with Gasteiger partial charge in [-0.15, -0.1) is 0 Å². The van der Waals surface area contributed by atoms with Crippen molar-refractivity contribution in [3.63, 3.8) is 0 Å². The Kier molecular flexibility index (Phi) is 3.36. The Morgan fingerprint density at radius 1 is 1.32 bits per heavy atom. The van der Waals surface area contributed by atoms with Crippen LogP contribution in [0.25, 0.3) is 10.9 Å². The minimum absolute atomic E-state index is 0.641. The number of aromatic amines is 1. The zero-order valence-corrected chi connectivity index (χ0v) is 11.8. The molecule has 1 aromatic heterocycles. The van der Waals surface area contributed by atoms with Crippen molar-refractivity contribution in [1.29, 1.82) is 0 Å². The van der Waals surface area contributed by atoms with Gasteiger partial charge in [-0.1, -0.05) is 25.1 Å². The van der Waals surface area contributed by atoms with Gasteiger partial charge >= 0.3 is 0 Å². The summed E-state index contributed by atoms with van der Waals surface area (Å²) in [7, 11) is 1.75. The van der Waals surface area contributed by atoms with Crippen LogP contribution in [0.4, 0.5) is 5.69 Å². The lowest BCUT2D eigenvalue weighted by molar-refractivity contribution is 0.392. The van der Waals surface area contributed by atoms with Gasteiger partial charge in [-0.3, -0.25) is 0 Å². The number of hydrogen-bond acceptors (Lipinski definition) is 2. The van der Waals surface area contributed by atoms with Crippen LogP contribution in [0.1, 0.15) is 32.6 Å². The van der Waals surface area contributed by atoms with Crippen molar-refractivity contribution in [2.75, 3.05) is 18.6 Å². The van der Waals surface area contributed by atoms with E-state index in [0.29, 0.717) is 6.04 Å². The largest absolute Gasteiger partial charge is 0.481 e. The Hall–Kier alpha value is -1.64. The van der Waals surface area contributed by atoms with E-state index in [2.05, 4.69) is 41.1 Å². The molecule has 3 heteroatoms. The van der Waals surface area contributed by atoms with E-state index >= 15 is 0 Å². The van der Waals surface area contributed by atoms with Gasteiger partial charge in [-0.2, -0.15) is 0 Å². The summed E-state index contributed by atoms with van der Waals surface area (Å²) in [4.78, 5) is 5.93. The highest BCUT2D eigenvalue weighted by atomic mass is 16.5. The zero-order valence-electron chi connectivity index (χ0n) is 11.8. The van der Waals surface area contributed by atoms with Crippen molar-refractivity contribution < 1.29 is 4.74 Å². The first-order valence-corrected chi connectivity index (χ1v) is 7.26. The average Bonchev–Trinajstić information content (AvgIpc) is 2.85. The van der Waals surface area contributed by atoms with Gasteiger partial charge in [0.2, 0.25) is 5.88 Å². The Balaban J connectivity index is 2.11. The molecule has 1 fully saturated rings. The maximum absolute atomic E-state index is 5.58. The summed E-state index contributed by atoms with van der Waals surface area (Å²) in [6.07, 6.45) is 5.11. The lowest BCUT2D eigenvalue weighted by Crippen LogP contribution is -2.39. The van der Waals surface area contributed by atoms with E-state index in [-0.39, 0.29) is 0 Å². The highest BCUT2D eigenvalue weighted by molar-refractivity contribution is 5.96. The van der Waals surface area contributed by atoms with Crippen molar-refractivity contribution in [3.05, 3.63) is 24.3 Å². The number of anilines is 1. The van der Waals surface area contributed by atoms with Crippen LogP contribution >= 0.6 is 0 Å². The number of rotatable bonds is 3. The van der Waals surface area contributed by atoms with Crippen LogP contribution in [0.2, 0.25) is 0 Å². The summed E-state index contributed by atoms with van der Waals surface area (Å²) in [5.41, 5.74) is 2.42. The van der Waals surface area contributed by atoms with Crippen molar-refractivity contribution in [2.45, 2.75) is 38.6 Å². The summed E-state index contributed by atoms with van der Waals surface area (Å²) < 4.78 is 5.58. The van der Waals surface area contributed by atoms with Crippen LogP contribution in [0.3, 0.4) is 0 Å². The molecule has 1 saturated heterocycles. The highest BCUT2D eigenvalue weighted by Crippen LogP contribution is 2.39. The molecule has 1 aromatic carbocycles. The number of nitrogens with one attached hydrogen (secondary N) is 1. The van der Waals surface area contributed by atoms with Crippen molar-refractivity contribution in [1.82, 2.24) is 4.98 Å². The Bertz CT molecular complexity index is 561. The maximum Gasteiger partial charge on any atom is 0.215 e. The third-order valence-corrected chi connectivity index (χ3v) is 4.24. The van der Waals surface area contributed by atoms with Crippen LogP contribution in [-0.4, -0.2) is 24.7 Å². The molecule has 0 spiro atoms. The van der Waals surface area contributed by atoms with E-state index in [1.54, 1.807) is 7.11 Å². The molecule has 0 bridgehead atoms. The summed E-state index contributed by atoms with van der Waals surface area (Å²) in [5, 5.41) is 1.28. The monoisotopic (exact) mass is 258 g/mol. The lowest BCUT2D eigenvalue weighted by atomic mass is 9.99. The Labute approximate surface area is 114 Å². The van der Waals surface area contributed by atoms with E-state index in [9.17, 15) is 0 Å². The molecule has 3 rings (SSSR count). The van der Waals surface area contributed by atoms with Crippen molar-refractivity contribution in [3.8, 4) is 5.88 Å². The third-order valence-electron chi connectivity index (χ3n) is 4.24. The first-order chi connectivity index (χ1) is 9.35. The molecule has 0 radical (unpaired) electrons. The van der Waals surface area contributed by atoms with Crippen LogP contribution in [-0.2, 0) is 0 Å². The first-order valence-electron chi connectivity index (χ1n) is 7.26. The number of para-hydroxylation sites is 1. The Morgan fingerprint density at radius 3 is 2.95 bits per heavy atom. The van der Waals surface area contributed by atoms with E-state index in [4.69, 9.17) is 4.74 Å². The molecule has 2 aromatic rings. The number of benzene rings is 1. The molecule has 1 aliphatic rings. The molecule has 1 N–H and O–H groups in total. The van der Waals surface area contributed by atoms with Gasteiger partial charge < -0.3 is 14.6 Å². The molecule has 0 saturated carbocycles. The molecule has 19 heavy (non-hydrogen) atoms. The van der Waals surface area contributed by atoms with Crippen LogP contribution in [0.5, 0.6) is 5.88 Å². The molecule has 2 heterocycles. The molecule has 102 valence electrons. The van der Waals surface area contributed by atoms with Crippen LogP contribution in [0.15, 0.2) is 24.3 Å². The number of aromatic nitrogens is 1. The molecule has 1 atom stereocenters. The topological polar surface area (TPSA) is 28.3 Å². The van der Waals surface area contributed by atoms with Crippen molar-refractivity contribution >= 4 is 16.6 Å². The third kappa shape index (κ3) is 2.07. The number of H-pyrrole nitrogens is 1. The molecule has 1 aliphatic heterocycles. The lowest BCUT2D eigenvalue weighted by Gasteiger charge is -2.37. The van der Waals surface area contributed by atoms with E-state index in [1.165, 1.54) is 36.8 Å². The molecular weight excluding hydrogens is 236 g/mol. The van der Waals surface area contributed by atoms with Gasteiger partial charge in [-0.05, 0) is 31.7 Å². The second-order valence-electron chi connectivity index (χ2n) is 5.30. The van der Waals surface area contributed by atoms with Crippen LogP contribution < -0.4 is 9.64 Å². The number of methoxy groups -OCH3 is 1. The SMILES string of the molecule is CCC1CCCCN1c1c(OC)[nH]c2ccccc12. The van der Waals surface area contributed by atoms with Gasteiger partial charge in [0.15, 0.2) is 0 Å². The summed E-state index contributed by atoms with van der Waals surface area (Å²) >= 11 is 0. The minimum Gasteiger partial charge on any atom is -0.481 e. The fourth-order valence-electron chi connectivity index (χ4n) is 3.25. The van der Waals surface area contributed by atoms with E-state index < -0.39 is 0 Å². The molecule has 0 amide bonds. The van der Waals surface area contributed by atoms with E-state index in [1.807, 2.05) is 0 Å². The fraction of sp³-hybridized carbons (Fsp3) is 0.500. The zero-order chi connectivity index (χ0) is 13.2. The van der Waals surface area contributed by atoms with E-state index in [0.717, 1.165) is 17.9 Å². The minimum atomic E-state index is 0.641. The number of piperidine rings is 1. The summed E-state index contributed by atoms with van der Waals surface area (Å²) in [5.74, 6) is 0.904. The van der Waals surface area contributed by atoms with Crippen LogP contribution in [0, 0.1) is 0 Å². The van der Waals surface area contributed by atoms with Gasteiger partial charge in [0.1, 0.15) is 5.69 Å². The van der Waals surface area contributed by atoms with Gasteiger partial charge in [0, 0.05) is 18.0 Å². The Morgan fingerprint density at radius 2 is 2.16 bits per heavy atom. The van der Waals surface area contributed by atoms with Gasteiger partial charge in [0.25, 0.3) is 0 Å². The normalized spacial score (nSPS) is 19.9. The molecule has 3 nitrogen and oxygen atoms in total. The summed E-state index contributed by atoms with van der Waals surface area (Å²) in [6, 6.07) is 9.11. The molecule has 1 unspecified atom stereocenters. The number of fused-ring (bicyclic) bond motifs is 1. The number of hydrogen-bond donors (Lipinski definition) is 1. The average molecular weight is 258 g/mol. The second-order valence-corrected chi connectivity index (χ2v) is 5.30. The smallest absolute Gasteiger partial charge is 0.215 e. The number of nitrogens with zero attached hydrogens (tertiary/aromatic N) is 1. The predicted molar refractivity (Wildman–Crippen MR) is 80.1 cm³/mol. The predicted octanol–water partition coefficient (Wildman–Crippen LogP) is 3.95. The second kappa shape index (κ2) is 5.16. The first kappa shape index (κ1) is 12.4. The number of ether oxygens (including phenoxy) is 1. The highest BCUT2D eigenvalue weighted by Gasteiger charge is 2.26. The van der Waals surface area contributed by atoms with Gasteiger partial charge in [0.05, 0.1) is 12.6 Å². The fourth-order valence-corrected chi connectivity index (χ4v) is 3.25. The van der Waals surface area contributed by atoms with Gasteiger partial charge in [-0.25, -0.2) is 0 Å².